The van der Waals surface area contributed by atoms with Gasteiger partial charge in [-0.2, -0.15) is 10.2 Å². The summed E-state index contributed by atoms with van der Waals surface area (Å²) >= 11 is 0. The van der Waals surface area contributed by atoms with Gasteiger partial charge in [0.2, 0.25) is 0 Å². The van der Waals surface area contributed by atoms with Crippen LogP contribution in [0.25, 0.3) is 22.0 Å². The Balaban J connectivity index is 1.50. The Morgan fingerprint density at radius 1 is 0.971 bits per heavy atom. The molecule has 2 aromatic heterocycles. The summed E-state index contributed by atoms with van der Waals surface area (Å²) in [5.74, 6) is 1.52. The number of ether oxygens (including phenoxy) is 2. The fraction of sp³-hybridized carbons (Fsp3) is 0.333. The topological polar surface area (TPSA) is 64.9 Å². The molecule has 4 aromatic rings. The number of pyridine rings is 1. The molecule has 0 unspecified atom stereocenters. The van der Waals surface area contributed by atoms with E-state index in [4.69, 9.17) is 19.3 Å². The van der Waals surface area contributed by atoms with Gasteiger partial charge in [0.05, 0.1) is 32.5 Å². The van der Waals surface area contributed by atoms with Crippen molar-refractivity contribution < 1.29 is 14.3 Å². The zero-order valence-electron chi connectivity index (χ0n) is 20.5. The van der Waals surface area contributed by atoms with Crippen LogP contribution in [-0.2, 0) is 11.9 Å². The van der Waals surface area contributed by atoms with Crippen LogP contribution in [0.4, 0.5) is 11.4 Å². The summed E-state index contributed by atoms with van der Waals surface area (Å²) in [6, 6.07) is 14.5. The number of nitrogens with zero attached hydrogens (tertiary/aromatic N) is 5. The van der Waals surface area contributed by atoms with Crippen molar-refractivity contribution in [1.29, 1.82) is 0 Å². The molecule has 8 heteroatoms. The molecule has 2 aromatic carbocycles. The Morgan fingerprint density at radius 2 is 1.80 bits per heavy atom. The van der Waals surface area contributed by atoms with Gasteiger partial charge in [-0.3, -0.25) is 14.5 Å². The van der Waals surface area contributed by atoms with Gasteiger partial charge in [0.15, 0.2) is 0 Å². The molecular weight excluding hydrogens is 442 g/mol. The lowest BCUT2D eigenvalue weighted by Crippen LogP contribution is -2.25. The van der Waals surface area contributed by atoms with E-state index in [0.717, 1.165) is 84.0 Å². The van der Waals surface area contributed by atoms with Crippen LogP contribution in [0.2, 0.25) is 0 Å². The number of hydrogen-bond donors (Lipinski definition) is 0. The van der Waals surface area contributed by atoms with Crippen molar-refractivity contribution in [3.05, 3.63) is 61.1 Å². The van der Waals surface area contributed by atoms with Gasteiger partial charge < -0.3 is 14.4 Å². The smallest absolute Gasteiger partial charge is 0.124 e. The lowest BCUT2D eigenvalue weighted by molar-refractivity contribution is -0.109. The van der Waals surface area contributed by atoms with Gasteiger partial charge in [0.25, 0.3) is 0 Å². The van der Waals surface area contributed by atoms with Crippen LogP contribution < -0.4 is 14.4 Å². The van der Waals surface area contributed by atoms with Crippen LogP contribution in [0.5, 0.6) is 11.5 Å². The SMILES string of the molecule is COc1cc(OC)cc(N(CCCN2CCCO2)c2ccc3ncc(-c4cnn(C)c4)cc3c2)c1. The minimum atomic E-state index is 0.758. The lowest BCUT2D eigenvalue weighted by Gasteiger charge is -2.27. The number of fused-ring (bicyclic) bond motifs is 1. The van der Waals surface area contributed by atoms with E-state index in [1.54, 1.807) is 18.9 Å². The number of anilines is 2. The molecule has 0 atom stereocenters. The van der Waals surface area contributed by atoms with Crippen molar-refractivity contribution in [3.63, 3.8) is 0 Å². The van der Waals surface area contributed by atoms with Crippen molar-refractivity contribution in [2.45, 2.75) is 12.8 Å². The Morgan fingerprint density at radius 3 is 2.49 bits per heavy atom. The zero-order chi connectivity index (χ0) is 24.2. The van der Waals surface area contributed by atoms with Gasteiger partial charge in [0.1, 0.15) is 11.5 Å². The quantitative estimate of drug-likeness (QED) is 0.345. The molecule has 35 heavy (non-hydrogen) atoms. The molecule has 1 aliphatic rings. The van der Waals surface area contributed by atoms with Gasteiger partial charge >= 0.3 is 0 Å². The van der Waals surface area contributed by atoms with E-state index in [1.165, 1.54) is 0 Å². The lowest BCUT2D eigenvalue weighted by atomic mass is 10.1. The molecule has 0 aliphatic carbocycles. The van der Waals surface area contributed by atoms with Crippen molar-refractivity contribution in [3.8, 4) is 22.6 Å². The molecule has 182 valence electrons. The summed E-state index contributed by atoms with van der Waals surface area (Å²) in [4.78, 5) is 12.7. The van der Waals surface area contributed by atoms with Crippen LogP contribution in [0, 0.1) is 0 Å². The van der Waals surface area contributed by atoms with E-state index in [9.17, 15) is 0 Å². The van der Waals surface area contributed by atoms with Gasteiger partial charge in [-0.1, -0.05) is 0 Å². The van der Waals surface area contributed by atoms with E-state index in [-0.39, 0.29) is 0 Å². The highest BCUT2D eigenvalue weighted by Gasteiger charge is 2.16. The number of aromatic nitrogens is 3. The first-order chi connectivity index (χ1) is 17.1. The predicted molar refractivity (Wildman–Crippen MR) is 137 cm³/mol. The molecule has 0 spiro atoms. The molecule has 1 saturated heterocycles. The first kappa shape index (κ1) is 23.1. The first-order valence-corrected chi connectivity index (χ1v) is 11.9. The van der Waals surface area contributed by atoms with Crippen molar-refractivity contribution in [2.24, 2.45) is 7.05 Å². The van der Waals surface area contributed by atoms with Gasteiger partial charge in [0, 0.05) is 85.2 Å². The average molecular weight is 474 g/mol. The van der Waals surface area contributed by atoms with E-state index in [0.29, 0.717) is 0 Å². The molecule has 8 nitrogen and oxygen atoms in total. The Labute approximate surface area is 205 Å². The third-order valence-corrected chi connectivity index (χ3v) is 6.28. The van der Waals surface area contributed by atoms with Gasteiger partial charge in [-0.05, 0) is 37.1 Å². The normalized spacial score (nSPS) is 13.9. The minimum Gasteiger partial charge on any atom is -0.497 e. The summed E-state index contributed by atoms with van der Waals surface area (Å²) in [5.41, 5.74) is 5.14. The zero-order valence-corrected chi connectivity index (χ0v) is 20.5. The molecule has 0 bridgehead atoms. The third-order valence-electron chi connectivity index (χ3n) is 6.28. The molecule has 0 amide bonds. The molecule has 1 fully saturated rings. The molecule has 0 N–H and O–H groups in total. The summed E-state index contributed by atoms with van der Waals surface area (Å²) < 4.78 is 12.9. The van der Waals surface area contributed by atoms with Crippen LogP contribution in [0.15, 0.2) is 61.1 Å². The molecule has 0 saturated carbocycles. The highest BCUT2D eigenvalue weighted by molar-refractivity contribution is 5.87. The summed E-state index contributed by atoms with van der Waals surface area (Å²) in [6.45, 7) is 3.51. The fourth-order valence-electron chi connectivity index (χ4n) is 4.45. The number of rotatable bonds is 9. The maximum atomic E-state index is 5.69. The summed E-state index contributed by atoms with van der Waals surface area (Å²) in [7, 11) is 5.27. The van der Waals surface area contributed by atoms with Crippen LogP contribution in [0.3, 0.4) is 0 Å². The van der Waals surface area contributed by atoms with E-state index in [2.05, 4.69) is 39.3 Å². The number of hydrogen-bond acceptors (Lipinski definition) is 7. The van der Waals surface area contributed by atoms with E-state index in [1.807, 2.05) is 43.8 Å². The highest BCUT2D eigenvalue weighted by atomic mass is 16.7. The molecule has 5 rings (SSSR count). The average Bonchev–Trinajstić information content (AvgIpc) is 3.57. The van der Waals surface area contributed by atoms with E-state index >= 15 is 0 Å². The highest BCUT2D eigenvalue weighted by Crippen LogP contribution is 2.35. The van der Waals surface area contributed by atoms with Crippen molar-refractivity contribution >= 4 is 22.3 Å². The Kier molecular flexibility index (Phi) is 6.83. The second-order valence-electron chi connectivity index (χ2n) is 8.70. The fourth-order valence-corrected chi connectivity index (χ4v) is 4.45. The minimum absolute atomic E-state index is 0.758. The van der Waals surface area contributed by atoms with Gasteiger partial charge in [-0.15, -0.1) is 0 Å². The van der Waals surface area contributed by atoms with Crippen molar-refractivity contribution in [1.82, 2.24) is 19.8 Å². The number of benzene rings is 2. The second-order valence-corrected chi connectivity index (χ2v) is 8.70. The standard InChI is InChI=1S/C27H31N5O3/c1-30-19-22(18-29-30)21-12-20-13-23(6-7-27(20)28-17-21)32(10-4-8-31-9-5-11-35-31)24-14-25(33-2)16-26(15-24)34-3/h6-7,12-19H,4-5,8-11H2,1-3H3. The maximum Gasteiger partial charge on any atom is 0.124 e. The predicted octanol–water partition coefficient (Wildman–Crippen LogP) is 4.82. The second kappa shape index (κ2) is 10.3. The summed E-state index contributed by atoms with van der Waals surface area (Å²) in [5, 5.41) is 7.44. The van der Waals surface area contributed by atoms with Crippen molar-refractivity contribution in [2.75, 3.05) is 45.4 Å². The van der Waals surface area contributed by atoms with Crippen LogP contribution >= 0.6 is 0 Å². The largest absolute Gasteiger partial charge is 0.497 e. The van der Waals surface area contributed by atoms with Gasteiger partial charge in [-0.25, -0.2) is 0 Å². The molecular formula is C27H31N5O3. The number of methoxy groups -OCH3 is 2. The third kappa shape index (κ3) is 5.23. The Hall–Kier alpha value is -3.62. The first-order valence-electron chi connectivity index (χ1n) is 11.9. The monoisotopic (exact) mass is 473 g/mol. The van der Waals surface area contributed by atoms with Crippen LogP contribution in [-0.4, -0.2) is 60.3 Å². The molecule has 0 radical (unpaired) electrons. The van der Waals surface area contributed by atoms with Crippen LogP contribution in [0.1, 0.15) is 12.8 Å². The number of aryl methyl sites for hydroxylation is 1. The summed E-state index contributed by atoms with van der Waals surface area (Å²) in [6.07, 6.45) is 7.81. The van der Waals surface area contributed by atoms with E-state index < -0.39 is 0 Å². The number of hydroxylamine groups is 2. The Bertz CT molecular complexity index is 1280. The maximum absolute atomic E-state index is 5.69. The molecule has 1 aliphatic heterocycles. The molecule has 3 heterocycles.